The van der Waals surface area contributed by atoms with Gasteiger partial charge in [0.1, 0.15) is 0 Å². The third-order valence-corrected chi connectivity index (χ3v) is 8.32. The summed E-state index contributed by atoms with van der Waals surface area (Å²) in [5, 5.41) is 10.5. The van der Waals surface area contributed by atoms with Gasteiger partial charge in [-0.25, -0.2) is 0 Å². The molecule has 0 bridgehead atoms. The Hall–Kier alpha value is -4.14. The van der Waals surface area contributed by atoms with Crippen LogP contribution >= 0.6 is 11.3 Å². The highest BCUT2D eigenvalue weighted by Gasteiger charge is 2.12. The van der Waals surface area contributed by atoms with Gasteiger partial charge in [0.05, 0.1) is 0 Å². The molecule has 0 atom stereocenters. The number of rotatable bonds is 1. The fourth-order valence-electron chi connectivity index (χ4n) is 5.58. The SMILES string of the molecule is c1ccc2c(c1)ccc1[nH]c3ccc(-c4ccc5sc6ccc7ccccc7c6c5c4)cc3c12. The van der Waals surface area contributed by atoms with Crippen molar-refractivity contribution >= 4 is 74.9 Å². The lowest BCUT2D eigenvalue weighted by Gasteiger charge is -2.05. The van der Waals surface area contributed by atoms with Crippen LogP contribution in [0.4, 0.5) is 0 Å². The average molecular weight is 450 g/mol. The van der Waals surface area contributed by atoms with Crippen molar-refractivity contribution in [2.75, 3.05) is 0 Å². The minimum absolute atomic E-state index is 1.18. The molecule has 0 radical (unpaired) electrons. The zero-order chi connectivity index (χ0) is 22.2. The molecule has 0 aliphatic rings. The predicted octanol–water partition coefficient (Wildman–Crippen LogP) is 9.66. The van der Waals surface area contributed by atoms with Gasteiger partial charge in [-0.05, 0) is 69.1 Å². The Morgan fingerprint density at radius 1 is 0.441 bits per heavy atom. The quantitative estimate of drug-likeness (QED) is 0.257. The Labute approximate surface area is 199 Å². The van der Waals surface area contributed by atoms with Crippen LogP contribution in [0.25, 0.3) is 74.6 Å². The van der Waals surface area contributed by atoms with Gasteiger partial charge in [0.25, 0.3) is 0 Å². The Balaban J connectivity index is 1.41. The van der Waals surface area contributed by atoms with E-state index in [2.05, 4.69) is 114 Å². The molecule has 1 nitrogen and oxygen atoms in total. The summed E-state index contributed by atoms with van der Waals surface area (Å²) in [6, 6.07) is 40.1. The van der Waals surface area contributed by atoms with Crippen molar-refractivity contribution in [3.63, 3.8) is 0 Å². The lowest BCUT2D eigenvalue weighted by molar-refractivity contribution is 1.55. The Bertz CT molecular complexity index is 1920. The number of aromatic amines is 1. The van der Waals surface area contributed by atoms with Crippen molar-refractivity contribution in [1.29, 1.82) is 0 Å². The number of hydrogen-bond acceptors (Lipinski definition) is 1. The van der Waals surface area contributed by atoms with Crippen LogP contribution in [-0.2, 0) is 0 Å². The molecule has 0 saturated heterocycles. The number of hydrogen-bond donors (Lipinski definition) is 1. The lowest BCUT2D eigenvalue weighted by Crippen LogP contribution is -1.79. The van der Waals surface area contributed by atoms with Crippen LogP contribution in [-0.4, -0.2) is 4.98 Å². The molecular formula is C32H19NS. The number of thiophene rings is 1. The summed E-state index contributed by atoms with van der Waals surface area (Å²) in [5.41, 5.74) is 4.89. The van der Waals surface area contributed by atoms with Gasteiger partial charge in [0.2, 0.25) is 0 Å². The molecule has 8 rings (SSSR count). The van der Waals surface area contributed by atoms with E-state index < -0.39 is 0 Å². The maximum absolute atomic E-state index is 3.62. The summed E-state index contributed by atoms with van der Waals surface area (Å²) in [6.07, 6.45) is 0. The van der Waals surface area contributed by atoms with Crippen LogP contribution in [0.1, 0.15) is 0 Å². The zero-order valence-corrected chi connectivity index (χ0v) is 19.1. The number of aromatic nitrogens is 1. The molecule has 0 aliphatic heterocycles. The normalized spacial score (nSPS) is 12.1. The molecule has 0 aliphatic carbocycles. The minimum atomic E-state index is 1.18. The summed E-state index contributed by atoms with van der Waals surface area (Å²) in [7, 11) is 0. The van der Waals surface area contributed by atoms with E-state index in [4.69, 9.17) is 0 Å². The van der Waals surface area contributed by atoms with Crippen molar-refractivity contribution in [2.45, 2.75) is 0 Å². The van der Waals surface area contributed by atoms with E-state index in [9.17, 15) is 0 Å². The summed E-state index contributed by atoms with van der Waals surface area (Å²) in [5.74, 6) is 0. The van der Waals surface area contributed by atoms with E-state index in [-0.39, 0.29) is 0 Å². The fourth-order valence-corrected chi connectivity index (χ4v) is 6.68. The molecule has 2 heteroatoms. The molecule has 2 aromatic heterocycles. The van der Waals surface area contributed by atoms with Crippen molar-refractivity contribution in [2.24, 2.45) is 0 Å². The van der Waals surface area contributed by atoms with Crippen LogP contribution in [0.5, 0.6) is 0 Å². The van der Waals surface area contributed by atoms with Crippen molar-refractivity contribution in [3.8, 4) is 11.1 Å². The largest absolute Gasteiger partial charge is 0.354 e. The van der Waals surface area contributed by atoms with Gasteiger partial charge >= 0.3 is 0 Å². The van der Waals surface area contributed by atoms with E-state index in [1.165, 1.54) is 74.6 Å². The summed E-state index contributed by atoms with van der Waals surface area (Å²) < 4.78 is 2.69. The number of fused-ring (bicyclic) bond motifs is 10. The summed E-state index contributed by atoms with van der Waals surface area (Å²) in [4.78, 5) is 3.62. The van der Waals surface area contributed by atoms with E-state index >= 15 is 0 Å². The molecule has 2 heterocycles. The number of nitrogens with one attached hydrogen (secondary N) is 1. The van der Waals surface area contributed by atoms with Crippen LogP contribution < -0.4 is 0 Å². The summed E-state index contributed by atoms with van der Waals surface area (Å²) >= 11 is 1.88. The monoisotopic (exact) mass is 449 g/mol. The number of H-pyrrole nitrogens is 1. The van der Waals surface area contributed by atoms with Crippen LogP contribution in [0.15, 0.2) is 109 Å². The lowest BCUT2D eigenvalue weighted by atomic mass is 9.98. The molecule has 34 heavy (non-hydrogen) atoms. The topological polar surface area (TPSA) is 15.8 Å². The van der Waals surface area contributed by atoms with Gasteiger partial charge in [-0.3, -0.25) is 0 Å². The highest BCUT2D eigenvalue weighted by molar-refractivity contribution is 7.26. The smallest absolute Gasteiger partial charge is 0.0471 e. The fraction of sp³-hybridized carbons (Fsp3) is 0. The van der Waals surface area contributed by atoms with Crippen molar-refractivity contribution in [3.05, 3.63) is 109 Å². The second-order valence-electron chi connectivity index (χ2n) is 9.07. The van der Waals surface area contributed by atoms with Gasteiger partial charge in [0.15, 0.2) is 0 Å². The molecule has 0 unspecified atom stereocenters. The zero-order valence-electron chi connectivity index (χ0n) is 18.3. The summed E-state index contributed by atoms with van der Waals surface area (Å²) in [6.45, 7) is 0. The van der Waals surface area contributed by atoms with Gasteiger partial charge in [0, 0.05) is 42.0 Å². The predicted molar refractivity (Wildman–Crippen MR) is 149 cm³/mol. The third-order valence-electron chi connectivity index (χ3n) is 7.18. The van der Waals surface area contributed by atoms with E-state index in [0.29, 0.717) is 0 Å². The van der Waals surface area contributed by atoms with E-state index in [1.54, 1.807) is 0 Å². The molecule has 0 fully saturated rings. The van der Waals surface area contributed by atoms with Crippen LogP contribution in [0.2, 0.25) is 0 Å². The molecule has 6 aromatic carbocycles. The first-order valence-electron chi connectivity index (χ1n) is 11.6. The minimum Gasteiger partial charge on any atom is -0.354 e. The average Bonchev–Trinajstić information content (AvgIpc) is 3.46. The molecular weight excluding hydrogens is 430 g/mol. The first-order chi connectivity index (χ1) is 16.8. The van der Waals surface area contributed by atoms with Gasteiger partial charge in [-0.2, -0.15) is 0 Å². The first-order valence-corrected chi connectivity index (χ1v) is 12.4. The van der Waals surface area contributed by atoms with E-state index in [0.717, 1.165) is 0 Å². The van der Waals surface area contributed by atoms with Gasteiger partial charge in [-0.1, -0.05) is 72.8 Å². The van der Waals surface area contributed by atoms with Crippen LogP contribution in [0.3, 0.4) is 0 Å². The maximum atomic E-state index is 3.62. The first kappa shape index (κ1) is 18.3. The molecule has 1 N–H and O–H groups in total. The number of benzene rings is 6. The van der Waals surface area contributed by atoms with Crippen LogP contribution in [0, 0.1) is 0 Å². The Morgan fingerprint density at radius 3 is 1.88 bits per heavy atom. The molecule has 0 saturated carbocycles. The van der Waals surface area contributed by atoms with Crippen molar-refractivity contribution in [1.82, 2.24) is 4.98 Å². The maximum Gasteiger partial charge on any atom is 0.0471 e. The molecule has 0 spiro atoms. The highest BCUT2D eigenvalue weighted by atomic mass is 32.1. The second kappa shape index (κ2) is 6.69. The molecule has 8 aromatic rings. The Morgan fingerprint density at radius 2 is 1.06 bits per heavy atom. The third kappa shape index (κ3) is 2.49. The second-order valence-corrected chi connectivity index (χ2v) is 10.2. The standard InChI is InChI=1S/C32H19NS/c1-3-7-23-19(5-1)9-14-28-31(23)25-17-21(10-13-27(25)33-28)22-12-15-29-26(18-22)32-24-8-4-2-6-20(24)11-16-30(32)34-29/h1-18,33H. The molecule has 158 valence electrons. The van der Waals surface area contributed by atoms with E-state index in [1.807, 2.05) is 11.3 Å². The van der Waals surface area contributed by atoms with Gasteiger partial charge < -0.3 is 4.98 Å². The van der Waals surface area contributed by atoms with Gasteiger partial charge in [-0.15, -0.1) is 11.3 Å². The Kier molecular flexibility index (Phi) is 3.60. The van der Waals surface area contributed by atoms with Crippen molar-refractivity contribution < 1.29 is 0 Å². The highest BCUT2D eigenvalue weighted by Crippen LogP contribution is 2.41. The molecule has 0 amide bonds.